The Morgan fingerprint density at radius 2 is 2.31 bits per heavy atom. The maximum Gasteiger partial charge on any atom is 0.202 e. The van der Waals surface area contributed by atoms with Gasteiger partial charge in [0.15, 0.2) is 5.76 Å². The van der Waals surface area contributed by atoms with E-state index in [1.807, 2.05) is 13.8 Å². The van der Waals surface area contributed by atoms with Crippen molar-refractivity contribution < 1.29 is 9.21 Å². The van der Waals surface area contributed by atoms with Crippen LogP contribution in [0.5, 0.6) is 0 Å². The smallest absolute Gasteiger partial charge is 0.202 e. The number of nitrogens with two attached hydrogens (primary N) is 1. The van der Waals surface area contributed by atoms with Crippen molar-refractivity contribution in [3.63, 3.8) is 0 Å². The average Bonchev–Trinajstić information content (AvgIpc) is 2.56. The van der Waals surface area contributed by atoms with Crippen LogP contribution in [0, 0.1) is 11.8 Å². The molecule has 0 radical (unpaired) electrons. The molecule has 0 aromatic carbocycles. The third kappa shape index (κ3) is 2.18. The number of Topliss-reactive ketones (excluding diaryl/α,β-unsaturated/α-hetero) is 1. The van der Waals surface area contributed by atoms with Gasteiger partial charge in [-0.2, -0.15) is 0 Å². The van der Waals surface area contributed by atoms with Gasteiger partial charge in [-0.25, -0.2) is 0 Å². The first-order valence-corrected chi connectivity index (χ1v) is 4.44. The lowest BCUT2D eigenvalue weighted by Crippen LogP contribution is -2.28. The van der Waals surface area contributed by atoms with E-state index in [4.69, 9.17) is 10.2 Å². The molecule has 1 aromatic rings. The van der Waals surface area contributed by atoms with E-state index in [-0.39, 0.29) is 17.6 Å². The largest absolute Gasteiger partial charge is 0.461 e. The second-order valence-corrected chi connectivity index (χ2v) is 3.43. The van der Waals surface area contributed by atoms with Crippen molar-refractivity contribution in [2.75, 3.05) is 6.54 Å². The Hall–Kier alpha value is -1.09. The lowest BCUT2D eigenvalue weighted by Gasteiger charge is -2.15. The van der Waals surface area contributed by atoms with Gasteiger partial charge in [0.05, 0.1) is 6.26 Å². The first kappa shape index (κ1) is 9.99. The summed E-state index contributed by atoms with van der Waals surface area (Å²) in [6.45, 7) is 4.34. The van der Waals surface area contributed by atoms with Crippen LogP contribution < -0.4 is 5.73 Å². The van der Waals surface area contributed by atoms with Crippen LogP contribution in [0.25, 0.3) is 0 Å². The van der Waals surface area contributed by atoms with Gasteiger partial charge in [-0.3, -0.25) is 4.79 Å². The lowest BCUT2D eigenvalue weighted by atomic mass is 9.90. The number of hydrogen-bond donors (Lipinski definition) is 1. The van der Waals surface area contributed by atoms with Gasteiger partial charge in [0.1, 0.15) is 0 Å². The highest BCUT2D eigenvalue weighted by Gasteiger charge is 2.23. The molecule has 3 heteroatoms. The molecular formula is C10H15NO2. The molecule has 1 heterocycles. The number of hydrogen-bond acceptors (Lipinski definition) is 3. The summed E-state index contributed by atoms with van der Waals surface area (Å²) in [5.41, 5.74) is 5.52. The molecule has 3 nitrogen and oxygen atoms in total. The fourth-order valence-corrected chi connectivity index (χ4v) is 1.28. The number of rotatable bonds is 4. The van der Waals surface area contributed by atoms with Gasteiger partial charge in [-0.05, 0) is 18.1 Å². The standard InChI is InChI=1S/C10H15NO2/c1-7(2)8(6-11)10(12)9-4-3-5-13-9/h3-5,7-8H,6,11H2,1-2H3. The summed E-state index contributed by atoms with van der Waals surface area (Å²) in [7, 11) is 0. The first-order chi connectivity index (χ1) is 6.16. The fourth-order valence-electron chi connectivity index (χ4n) is 1.28. The molecule has 13 heavy (non-hydrogen) atoms. The molecule has 1 rings (SSSR count). The molecule has 2 N–H and O–H groups in total. The van der Waals surface area contributed by atoms with Crippen molar-refractivity contribution in [3.05, 3.63) is 24.2 Å². The van der Waals surface area contributed by atoms with E-state index in [0.29, 0.717) is 12.3 Å². The van der Waals surface area contributed by atoms with E-state index in [9.17, 15) is 4.79 Å². The minimum atomic E-state index is -0.133. The topological polar surface area (TPSA) is 56.2 Å². The molecule has 1 aromatic heterocycles. The summed E-state index contributed by atoms with van der Waals surface area (Å²) in [6, 6.07) is 3.38. The Kier molecular flexibility index (Phi) is 3.25. The van der Waals surface area contributed by atoms with Crippen molar-refractivity contribution in [2.24, 2.45) is 17.6 Å². The van der Waals surface area contributed by atoms with E-state index in [2.05, 4.69) is 0 Å². The van der Waals surface area contributed by atoms with Crippen LogP contribution in [0.15, 0.2) is 22.8 Å². The zero-order chi connectivity index (χ0) is 9.84. The fraction of sp³-hybridized carbons (Fsp3) is 0.500. The van der Waals surface area contributed by atoms with Crippen molar-refractivity contribution in [2.45, 2.75) is 13.8 Å². The molecule has 0 aliphatic rings. The Morgan fingerprint density at radius 3 is 2.69 bits per heavy atom. The average molecular weight is 181 g/mol. The van der Waals surface area contributed by atoms with E-state index in [1.165, 1.54) is 6.26 Å². The molecule has 0 spiro atoms. The minimum Gasteiger partial charge on any atom is -0.461 e. The van der Waals surface area contributed by atoms with Gasteiger partial charge >= 0.3 is 0 Å². The second-order valence-electron chi connectivity index (χ2n) is 3.43. The van der Waals surface area contributed by atoms with E-state index < -0.39 is 0 Å². The predicted molar refractivity (Wildman–Crippen MR) is 50.4 cm³/mol. The SMILES string of the molecule is CC(C)C(CN)C(=O)c1ccco1. The molecule has 72 valence electrons. The van der Waals surface area contributed by atoms with Gasteiger partial charge in [0.25, 0.3) is 0 Å². The Balaban J connectivity index is 2.77. The Morgan fingerprint density at radius 1 is 1.62 bits per heavy atom. The van der Waals surface area contributed by atoms with Crippen LogP contribution in [0.1, 0.15) is 24.4 Å². The third-order valence-electron chi connectivity index (χ3n) is 2.16. The number of furan rings is 1. The molecule has 0 aliphatic carbocycles. The Labute approximate surface area is 77.9 Å². The quantitative estimate of drug-likeness (QED) is 0.719. The summed E-state index contributed by atoms with van der Waals surface area (Å²) in [6.07, 6.45) is 1.50. The summed E-state index contributed by atoms with van der Waals surface area (Å²) >= 11 is 0. The zero-order valence-corrected chi connectivity index (χ0v) is 7.99. The summed E-state index contributed by atoms with van der Waals surface area (Å²) < 4.78 is 5.02. The molecule has 0 saturated heterocycles. The van der Waals surface area contributed by atoms with Crippen molar-refractivity contribution in [1.82, 2.24) is 0 Å². The summed E-state index contributed by atoms with van der Waals surface area (Å²) in [4.78, 5) is 11.7. The monoisotopic (exact) mass is 181 g/mol. The molecule has 1 unspecified atom stereocenters. The summed E-state index contributed by atoms with van der Waals surface area (Å²) in [5.74, 6) is 0.528. The van der Waals surface area contributed by atoms with Crippen LogP contribution >= 0.6 is 0 Å². The van der Waals surface area contributed by atoms with Crippen LogP contribution in [0.4, 0.5) is 0 Å². The van der Waals surface area contributed by atoms with Crippen LogP contribution in [-0.4, -0.2) is 12.3 Å². The Bertz CT molecular complexity index is 264. The third-order valence-corrected chi connectivity index (χ3v) is 2.16. The molecule has 0 saturated carbocycles. The zero-order valence-electron chi connectivity index (χ0n) is 7.99. The highest BCUT2D eigenvalue weighted by atomic mass is 16.3. The van der Waals surface area contributed by atoms with Crippen molar-refractivity contribution >= 4 is 5.78 Å². The highest BCUT2D eigenvalue weighted by molar-refractivity contribution is 5.95. The number of carbonyl (C=O) groups is 1. The molecule has 0 aliphatic heterocycles. The molecule has 0 amide bonds. The highest BCUT2D eigenvalue weighted by Crippen LogP contribution is 2.16. The maximum atomic E-state index is 11.7. The van der Waals surface area contributed by atoms with Gasteiger partial charge in [-0.1, -0.05) is 13.8 Å². The van der Waals surface area contributed by atoms with Gasteiger partial charge in [0, 0.05) is 12.5 Å². The van der Waals surface area contributed by atoms with E-state index in [0.717, 1.165) is 0 Å². The minimum absolute atomic E-state index is 0.00231. The molecule has 1 atom stereocenters. The normalized spacial score (nSPS) is 13.2. The lowest BCUT2D eigenvalue weighted by molar-refractivity contribution is 0.0863. The number of carbonyl (C=O) groups excluding carboxylic acids is 1. The molecule has 0 fully saturated rings. The van der Waals surface area contributed by atoms with Crippen LogP contribution in [-0.2, 0) is 0 Å². The van der Waals surface area contributed by atoms with E-state index in [1.54, 1.807) is 12.1 Å². The van der Waals surface area contributed by atoms with Gasteiger partial charge < -0.3 is 10.2 Å². The molecular weight excluding hydrogens is 166 g/mol. The maximum absolute atomic E-state index is 11.7. The van der Waals surface area contributed by atoms with E-state index >= 15 is 0 Å². The van der Waals surface area contributed by atoms with Gasteiger partial charge in [0.2, 0.25) is 5.78 Å². The van der Waals surface area contributed by atoms with Crippen LogP contribution in [0.3, 0.4) is 0 Å². The van der Waals surface area contributed by atoms with Crippen LogP contribution in [0.2, 0.25) is 0 Å². The second kappa shape index (κ2) is 4.23. The van der Waals surface area contributed by atoms with Gasteiger partial charge in [-0.15, -0.1) is 0 Å². The molecule has 0 bridgehead atoms. The number of ketones is 1. The van der Waals surface area contributed by atoms with Crippen molar-refractivity contribution in [3.8, 4) is 0 Å². The van der Waals surface area contributed by atoms with Crippen molar-refractivity contribution in [1.29, 1.82) is 0 Å². The predicted octanol–water partition coefficient (Wildman–Crippen LogP) is 1.69. The summed E-state index contributed by atoms with van der Waals surface area (Å²) in [5, 5.41) is 0. The first-order valence-electron chi connectivity index (χ1n) is 4.44.